The number of hydrogen-bond acceptors (Lipinski definition) is 6. The van der Waals surface area contributed by atoms with Gasteiger partial charge >= 0.3 is 6.09 Å². The molecule has 0 radical (unpaired) electrons. The van der Waals surface area contributed by atoms with Crippen molar-refractivity contribution in [3.8, 4) is 5.88 Å². The number of methoxy groups -OCH3 is 1. The van der Waals surface area contributed by atoms with Gasteiger partial charge in [-0.2, -0.15) is 0 Å². The highest BCUT2D eigenvalue weighted by molar-refractivity contribution is 5.79. The molecule has 0 bridgehead atoms. The van der Waals surface area contributed by atoms with Crippen molar-refractivity contribution in [1.82, 2.24) is 20.5 Å². The molecule has 2 atom stereocenters. The molecule has 30 heavy (non-hydrogen) atoms. The number of ether oxygens (including phenoxy) is 3. The van der Waals surface area contributed by atoms with E-state index in [-0.39, 0.29) is 12.1 Å². The number of aromatic nitrogens is 1. The van der Waals surface area contributed by atoms with Crippen molar-refractivity contribution in [3.05, 3.63) is 23.9 Å². The van der Waals surface area contributed by atoms with Crippen LogP contribution in [0.15, 0.2) is 23.3 Å². The normalized spacial score (nSPS) is 21.3. The van der Waals surface area contributed by atoms with Crippen LogP contribution in [0.1, 0.15) is 47.1 Å². The van der Waals surface area contributed by atoms with Crippen LogP contribution in [0.25, 0.3) is 0 Å². The van der Waals surface area contributed by atoms with E-state index in [1.165, 1.54) is 0 Å². The van der Waals surface area contributed by atoms with Crippen LogP contribution >= 0.6 is 0 Å². The van der Waals surface area contributed by atoms with E-state index in [0.717, 1.165) is 5.56 Å². The molecule has 2 unspecified atom stereocenters. The van der Waals surface area contributed by atoms with E-state index < -0.39 is 17.4 Å². The number of hydrogen-bond donors (Lipinski definition) is 2. The standard InChI is InChI=1S/C21H35N5O4/c1-14-16(26(21(5,6)29-14)19(27)30-20(2,3)4)13-25-18(22-7)24-12-15-9-10-17(28-8)23-11-15/h9-11,14,16H,12-13H2,1-8H3,(H2,22,24,25). The molecule has 1 aromatic rings. The Labute approximate surface area is 179 Å². The molecule has 2 heterocycles. The number of pyridine rings is 1. The molecule has 0 aromatic carbocycles. The first-order valence-corrected chi connectivity index (χ1v) is 10.1. The van der Waals surface area contributed by atoms with Gasteiger partial charge in [-0.15, -0.1) is 0 Å². The van der Waals surface area contributed by atoms with Gasteiger partial charge in [0.15, 0.2) is 5.96 Å². The zero-order chi connectivity index (χ0) is 22.5. The first-order chi connectivity index (χ1) is 14.0. The Kier molecular flexibility index (Phi) is 7.52. The summed E-state index contributed by atoms with van der Waals surface area (Å²) >= 11 is 0. The summed E-state index contributed by atoms with van der Waals surface area (Å²) in [4.78, 5) is 23.0. The van der Waals surface area contributed by atoms with Crippen LogP contribution in [-0.4, -0.2) is 66.1 Å². The third kappa shape index (κ3) is 6.22. The minimum Gasteiger partial charge on any atom is -0.481 e. The highest BCUT2D eigenvalue weighted by atomic mass is 16.6. The lowest BCUT2D eigenvalue weighted by atomic mass is 10.1. The fourth-order valence-electron chi connectivity index (χ4n) is 3.37. The molecular weight excluding hydrogens is 386 g/mol. The predicted octanol–water partition coefficient (Wildman–Crippen LogP) is 2.52. The van der Waals surface area contributed by atoms with E-state index in [9.17, 15) is 4.79 Å². The van der Waals surface area contributed by atoms with Gasteiger partial charge in [0, 0.05) is 32.4 Å². The smallest absolute Gasteiger partial charge is 0.412 e. The summed E-state index contributed by atoms with van der Waals surface area (Å²) in [6, 6.07) is 3.54. The first kappa shape index (κ1) is 23.7. The average Bonchev–Trinajstić information content (AvgIpc) is 2.88. The van der Waals surface area contributed by atoms with Gasteiger partial charge in [-0.25, -0.2) is 9.78 Å². The minimum absolute atomic E-state index is 0.163. The van der Waals surface area contributed by atoms with Crippen LogP contribution in [0.2, 0.25) is 0 Å². The number of aliphatic imine (C=N–C) groups is 1. The Bertz CT molecular complexity index is 743. The van der Waals surface area contributed by atoms with Crippen molar-refractivity contribution < 1.29 is 19.0 Å². The fourth-order valence-corrected chi connectivity index (χ4v) is 3.37. The molecule has 9 nitrogen and oxygen atoms in total. The lowest BCUT2D eigenvalue weighted by molar-refractivity contribution is -0.0755. The van der Waals surface area contributed by atoms with Crippen LogP contribution in [0.5, 0.6) is 5.88 Å². The van der Waals surface area contributed by atoms with Crippen LogP contribution in [0.3, 0.4) is 0 Å². The van der Waals surface area contributed by atoms with Gasteiger partial charge < -0.3 is 24.8 Å². The maximum absolute atomic E-state index is 12.8. The van der Waals surface area contributed by atoms with Gasteiger partial charge in [0.1, 0.15) is 11.3 Å². The fraction of sp³-hybridized carbons (Fsp3) is 0.667. The van der Waals surface area contributed by atoms with Crippen LogP contribution in [0, 0.1) is 0 Å². The van der Waals surface area contributed by atoms with E-state index in [1.807, 2.05) is 53.7 Å². The van der Waals surface area contributed by atoms with Crippen molar-refractivity contribution >= 4 is 12.1 Å². The van der Waals surface area contributed by atoms with E-state index in [0.29, 0.717) is 24.9 Å². The number of carbonyl (C=O) groups excluding carboxylic acids is 1. The molecule has 0 saturated carbocycles. The molecule has 1 fully saturated rings. The van der Waals surface area contributed by atoms with Crippen molar-refractivity contribution in [2.45, 2.75) is 71.6 Å². The number of nitrogens with zero attached hydrogens (tertiary/aromatic N) is 3. The Morgan fingerprint density at radius 2 is 2.03 bits per heavy atom. The highest BCUT2D eigenvalue weighted by Crippen LogP contribution is 2.33. The lowest BCUT2D eigenvalue weighted by Crippen LogP contribution is -2.54. The van der Waals surface area contributed by atoms with Gasteiger partial charge in [-0.1, -0.05) is 6.07 Å². The first-order valence-electron chi connectivity index (χ1n) is 10.1. The summed E-state index contributed by atoms with van der Waals surface area (Å²) in [5.41, 5.74) is -0.353. The van der Waals surface area contributed by atoms with Gasteiger partial charge in [-0.3, -0.25) is 9.89 Å². The van der Waals surface area contributed by atoms with Gasteiger partial charge in [-0.05, 0) is 47.1 Å². The molecule has 9 heteroatoms. The van der Waals surface area contributed by atoms with Crippen LogP contribution in [-0.2, 0) is 16.0 Å². The number of nitrogens with one attached hydrogen (secondary N) is 2. The summed E-state index contributed by atoms with van der Waals surface area (Å²) in [7, 11) is 3.29. The van der Waals surface area contributed by atoms with E-state index >= 15 is 0 Å². The van der Waals surface area contributed by atoms with Crippen molar-refractivity contribution in [3.63, 3.8) is 0 Å². The number of guanidine groups is 1. The van der Waals surface area contributed by atoms with E-state index in [2.05, 4.69) is 20.6 Å². The van der Waals surface area contributed by atoms with Gasteiger partial charge in [0.25, 0.3) is 0 Å². The van der Waals surface area contributed by atoms with Gasteiger partial charge in [0.05, 0.1) is 19.3 Å². The van der Waals surface area contributed by atoms with Crippen molar-refractivity contribution in [2.75, 3.05) is 20.7 Å². The molecule has 168 valence electrons. The molecule has 1 aliphatic rings. The largest absolute Gasteiger partial charge is 0.481 e. The number of amides is 1. The Morgan fingerprint density at radius 3 is 2.57 bits per heavy atom. The average molecular weight is 422 g/mol. The Balaban J connectivity index is 1.99. The Morgan fingerprint density at radius 1 is 1.33 bits per heavy atom. The molecule has 2 rings (SSSR count). The summed E-state index contributed by atoms with van der Waals surface area (Å²) in [6.45, 7) is 12.3. The summed E-state index contributed by atoms with van der Waals surface area (Å²) in [5, 5.41) is 6.53. The topological polar surface area (TPSA) is 97.3 Å². The molecule has 1 amide bonds. The van der Waals surface area contributed by atoms with Crippen molar-refractivity contribution in [2.24, 2.45) is 4.99 Å². The van der Waals surface area contributed by atoms with Crippen LogP contribution in [0.4, 0.5) is 4.79 Å². The maximum Gasteiger partial charge on any atom is 0.412 e. The molecule has 0 aliphatic carbocycles. The molecule has 1 saturated heterocycles. The molecular formula is C21H35N5O4. The van der Waals surface area contributed by atoms with E-state index in [4.69, 9.17) is 14.2 Å². The van der Waals surface area contributed by atoms with Crippen LogP contribution < -0.4 is 15.4 Å². The Hall–Kier alpha value is -2.55. The number of rotatable bonds is 5. The third-order valence-corrected chi connectivity index (χ3v) is 4.69. The molecule has 0 spiro atoms. The minimum atomic E-state index is -0.764. The molecule has 1 aliphatic heterocycles. The highest BCUT2D eigenvalue weighted by Gasteiger charge is 2.49. The number of carbonyl (C=O) groups is 1. The predicted molar refractivity (Wildman–Crippen MR) is 115 cm³/mol. The second-order valence-electron chi connectivity index (χ2n) is 8.70. The van der Waals surface area contributed by atoms with Gasteiger partial charge in [0.2, 0.25) is 5.88 Å². The second-order valence-corrected chi connectivity index (χ2v) is 8.70. The molecule has 2 N–H and O–H groups in total. The monoisotopic (exact) mass is 421 g/mol. The molecule has 1 aromatic heterocycles. The second kappa shape index (κ2) is 9.51. The van der Waals surface area contributed by atoms with Crippen molar-refractivity contribution in [1.29, 1.82) is 0 Å². The lowest BCUT2D eigenvalue weighted by Gasteiger charge is -2.35. The summed E-state index contributed by atoms with van der Waals surface area (Å²) in [5.74, 6) is 1.19. The third-order valence-electron chi connectivity index (χ3n) is 4.69. The quantitative estimate of drug-likeness (QED) is 0.557. The van der Waals surface area contributed by atoms with E-state index in [1.54, 1.807) is 25.3 Å². The summed E-state index contributed by atoms with van der Waals surface area (Å²) < 4.78 is 16.7. The summed E-state index contributed by atoms with van der Waals surface area (Å²) in [6.07, 6.45) is 1.19. The maximum atomic E-state index is 12.8. The SMILES string of the molecule is CN=C(NCc1ccc(OC)nc1)NCC1C(C)OC(C)(C)N1C(=O)OC(C)(C)C. The zero-order valence-electron chi connectivity index (χ0n) is 19.3. The zero-order valence-corrected chi connectivity index (χ0v) is 19.3.